The minimum atomic E-state index is -0.947. The van der Waals surface area contributed by atoms with Gasteiger partial charge in [0.2, 0.25) is 0 Å². The molecule has 108 valence electrons. The van der Waals surface area contributed by atoms with E-state index in [1.807, 2.05) is 16.0 Å². The molecular weight excluding hydrogens is 274 g/mol. The number of unbranched alkanes of at least 4 members (excludes halogenated alkanes) is 1. The highest BCUT2D eigenvalue weighted by Gasteiger charge is 2.16. The van der Waals surface area contributed by atoms with E-state index in [1.165, 1.54) is 0 Å². The van der Waals surface area contributed by atoms with E-state index in [1.54, 1.807) is 17.4 Å². The Morgan fingerprint density at radius 2 is 2.35 bits per heavy atom. The summed E-state index contributed by atoms with van der Waals surface area (Å²) in [5.74, 6) is -0.0805. The summed E-state index contributed by atoms with van der Waals surface area (Å²) < 4.78 is 1.94. The number of carbonyl (C=O) groups is 1. The summed E-state index contributed by atoms with van der Waals surface area (Å²) in [5, 5.41) is 10.8. The molecule has 0 unspecified atom stereocenters. The number of thiazole rings is 1. The lowest BCUT2D eigenvalue weighted by atomic mass is 10.3. The summed E-state index contributed by atoms with van der Waals surface area (Å²) in [5.41, 5.74) is 0.835. The van der Waals surface area contributed by atoms with Gasteiger partial charge in [0, 0.05) is 30.7 Å². The average molecular weight is 293 g/mol. The first kappa shape index (κ1) is 14.6. The average Bonchev–Trinajstić information content (AvgIpc) is 2.98. The SMILES string of the molecule is CCCCN(CC)c1nc2sccn2c1/C=C/C(=O)O. The Hall–Kier alpha value is -1.82. The smallest absolute Gasteiger partial charge is 0.328 e. The van der Waals surface area contributed by atoms with Crippen LogP contribution in [0.5, 0.6) is 0 Å². The topological polar surface area (TPSA) is 57.8 Å². The van der Waals surface area contributed by atoms with Gasteiger partial charge in [-0.25, -0.2) is 9.78 Å². The van der Waals surface area contributed by atoms with Crippen LogP contribution in [0.3, 0.4) is 0 Å². The van der Waals surface area contributed by atoms with Gasteiger partial charge in [-0.3, -0.25) is 4.40 Å². The first-order valence-electron chi connectivity index (χ1n) is 6.78. The molecule has 2 rings (SSSR count). The van der Waals surface area contributed by atoms with Crippen molar-refractivity contribution in [2.75, 3.05) is 18.0 Å². The van der Waals surface area contributed by atoms with Crippen LogP contribution in [0.2, 0.25) is 0 Å². The Labute approximate surface area is 122 Å². The van der Waals surface area contributed by atoms with E-state index in [0.29, 0.717) is 0 Å². The van der Waals surface area contributed by atoms with Crippen LogP contribution in [0, 0.1) is 0 Å². The highest BCUT2D eigenvalue weighted by atomic mass is 32.1. The van der Waals surface area contributed by atoms with Gasteiger partial charge >= 0.3 is 5.97 Å². The largest absolute Gasteiger partial charge is 0.478 e. The van der Waals surface area contributed by atoms with Crippen LogP contribution < -0.4 is 4.90 Å². The zero-order valence-corrected chi connectivity index (χ0v) is 12.6. The molecule has 2 heterocycles. The summed E-state index contributed by atoms with van der Waals surface area (Å²) in [7, 11) is 0. The number of rotatable bonds is 7. The van der Waals surface area contributed by atoms with Crippen molar-refractivity contribution in [3.05, 3.63) is 23.3 Å². The quantitative estimate of drug-likeness (QED) is 0.797. The maximum absolute atomic E-state index is 10.8. The molecule has 0 aliphatic rings. The lowest BCUT2D eigenvalue weighted by Crippen LogP contribution is -2.25. The fraction of sp³-hybridized carbons (Fsp3) is 0.429. The molecular formula is C14H19N3O2S. The molecule has 0 amide bonds. The van der Waals surface area contributed by atoms with Crippen LogP contribution in [-0.4, -0.2) is 33.6 Å². The van der Waals surface area contributed by atoms with Crippen molar-refractivity contribution in [2.24, 2.45) is 0 Å². The molecule has 2 aromatic rings. The molecule has 0 saturated heterocycles. The lowest BCUT2D eigenvalue weighted by molar-refractivity contribution is -0.131. The maximum Gasteiger partial charge on any atom is 0.328 e. The van der Waals surface area contributed by atoms with Crippen LogP contribution in [0.1, 0.15) is 32.4 Å². The highest BCUT2D eigenvalue weighted by Crippen LogP contribution is 2.26. The molecule has 5 nitrogen and oxygen atoms in total. The zero-order chi connectivity index (χ0) is 14.5. The number of aromatic nitrogens is 2. The van der Waals surface area contributed by atoms with E-state index in [-0.39, 0.29) is 0 Å². The van der Waals surface area contributed by atoms with E-state index in [4.69, 9.17) is 5.11 Å². The zero-order valence-electron chi connectivity index (χ0n) is 11.7. The van der Waals surface area contributed by atoms with Crippen LogP contribution in [-0.2, 0) is 4.79 Å². The number of carboxylic acid groups (broad SMARTS) is 1. The van der Waals surface area contributed by atoms with E-state index in [2.05, 4.69) is 23.7 Å². The Balaban J connectivity index is 2.42. The van der Waals surface area contributed by atoms with Crippen molar-refractivity contribution >= 4 is 34.2 Å². The van der Waals surface area contributed by atoms with Crippen LogP contribution >= 0.6 is 11.3 Å². The second kappa shape index (κ2) is 6.56. The van der Waals surface area contributed by atoms with Gasteiger partial charge in [-0.05, 0) is 19.4 Å². The van der Waals surface area contributed by atoms with E-state index in [0.717, 1.165) is 48.5 Å². The summed E-state index contributed by atoms with van der Waals surface area (Å²) in [6.45, 7) is 6.04. The van der Waals surface area contributed by atoms with Gasteiger partial charge < -0.3 is 10.0 Å². The lowest BCUT2D eigenvalue weighted by Gasteiger charge is -2.21. The third kappa shape index (κ3) is 3.01. The van der Waals surface area contributed by atoms with Gasteiger partial charge in [0.05, 0.1) is 5.69 Å². The van der Waals surface area contributed by atoms with Crippen molar-refractivity contribution in [3.63, 3.8) is 0 Å². The molecule has 2 aromatic heterocycles. The number of fused-ring (bicyclic) bond motifs is 1. The Morgan fingerprint density at radius 3 is 3.00 bits per heavy atom. The monoisotopic (exact) mass is 293 g/mol. The molecule has 6 heteroatoms. The van der Waals surface area contributed by atoms with E-state index in [9.17, 15) is 4.79 Å². The van der Waals surface area contributed by atoms with Crippen molar-refractivity contribution < 1.29 is 9.90 Å². The summed E-state index contributed by atoms with van der Waals surface area (Å²) >= 11 is 1.55. The molecule has 1 N–H and O–H groups in total. The fourth-order valence-corrected chi connectivity index (χ4v) is 2.81. The Kier molecular flexibility index (Phi) is 4.79. The minimum absolute atomic E-state index is 0.835. The molecule has 0 aliphatic heterocycles. The molecule has 20 heavy (non-hydrogen) atoms. The van der Waals surface area contributed by atoms with Gasteiger partial charge in [-0.1, -0.05) is 13.3 Å². The number of hydrogen-bond donors (Lipinski definition) is 1. The minimum Gasteiger partial charge on any atom is -0.478 e. The Bertz CT molecular complexity index is 615. The summed E-state index contributed by atoms with van der Waals surface area (Å²) in [6.07, 6.45) is 6.93. The van der Waals surface area contributed by atoms with Gasteiger partial charge in [0.1, 0.15) is 0 Å². The van der Waals surface area contributed by atoms with Crippen molar-refractivity contribution in [1.29, 1.82) is 0 Å². The Morgan fingerprint density at radius 1 is 1.55 bits per heavy atom. The van der Waals surface area contributed by atoms with Gasteiger partial charge in [-0.15, -0.1) is 11.3 Å². The van der Waals surface area contributed by atoms with Gasteiger partial charge in [0.25, 0.3) is 0 Å². The van der Waals surface area contributed by atoms with Gasteiger partial charge in [0.15, 0.2) is 10.8 Å². The molecule has 0 bridgehead atoms. The third-order valence-electron chi connectivity index (χ3n) is 3.13. The molecule has 0 spiro atoms. The van der Waals surface area contributed by atoms with E-state index >= 15 is 0 Å². The fourth-order valence-electron chi connectivity index (χ4n) is 2.09. The maximum atomic E-state index is 10.8. The molecule has 0 radical (unpaired) electrons. The van der Waals surface area contributed by atoms with Crippen molar-refractivity contribution in [2.45, 2.75) is 26.7 Å². The first-order chi connectivity index (χ1) is 9.67. The summed E-state index contributed by atoms with van der Waals surface area (Å²) in [4.78, 5) is 18.5. The number of imidazole rings is 1. The van der Waals surface area contributed by atoms with Crippen LogP contribution in [0.15, 0.2) is 17.7 Å². The van der Waals surface area contributed by atoms with Crippen LogP contribution in [0.25, 0.3) is 11.0 Å². The number of anilines is 1. The van der Waals surface area contributed by atoms with Crippen molar-refractivity contribution in [1.82, 2.24) is 9.38 Å². The normalized spacial score (nSPS) is 11.5. The predicted octanol–water partition coefficient (Wildman–Crippen LogP) is 3.12. The molecule has 0 fully saturated rings. The van der Waals surface area contributed by atoms with Crippen LogP contribution in [0.4, 0.5) is 5.82 Å². The highest BCUT2D eigenvalue weighted by molar-refractivity contribution is 7.15. The van der Waals surface area contributed by atoms with Gasteiger partial charge in [-0.2, -0.15) is 0 Å². The molecule has 0 atom stereocenters. The number of aliphatic carboxylic acids is 1. The van der Waals surface area contributed by atoms with Crippen molar-refractivity contribution in [3.8, 4) is 0 Å². The third-order valence-corrected chi connectivity index (χ3v) is 3.88. The first-order valence-corrected chi connectivity index (χ1v) is 7.66. The second-order valence-corrected chi connectivity index (χ2v) is 5.35. The van der Waals surface area contributed by atoms with E-state index < -0.39 is 5.97 Å². The predicted molar refractivity (Wildman–Crippen MR) is 82.5 cm³/mol. The standard InChI is InChI=1S/C14H19N3O2S/c1-3-5-8-16(4-2)13-11(6-7-12(18)19)17-9-10-20-14(17)15-13/h6-7,9-10H,3-5,8H2,1-2H3,(H,18,19)/b7-6+. The number of nitrogens with zero attached hydrogens (tertiary/aromatic N) is 3. The number of hydrogen-bond acceptors (Lipinski definition) is 4. The summed E-state index contributed by atoms with van der Waals surface area (Å²) in [6, 6.07) is 0. The molecule has 0 aliphatic carbocycles. The number of carboxylic acids is 1. The molecule has 0 aromatic carbocycles. The molecule has 0 saturated carbocycles. The second-order valence-electron chi connectivity index (χ2n) is 4.48.